The zero-order valence-electron chi connectivity index (χ0n) is 8.31. The zero-order chi connectivity index (χ0) is 10.1. The number of halogens is 2. The summed E-state index contributed by atoms with van der Waals surface area (Å²) in [6.07, 6.45) is -0.332. The van der Waals surface area contributed by atoms with Gasteiger partial charge in [-0.05, 0) is 39.5 Å². The van der Waals surface area contributed by atoms with Crippen LogP contribution >= 0.6 is 11.9 Å². The molecule has 78 valence electrons. The molecule has 0 aromatic rings. The lowest BCUT2D eigenvalue weighted by atomic mass is 10.2. The molecule has 1 unspecified atom stereocenters. The summed E-state index contributed by atoms with van der Waals surface area (Å²) >= 11 is 1.41. The van der Waals surface area contributed by atoms with E-state index in [0.29, 0.717) is 0 Å². The van der Waals surface area contributed by atoms with Crippen LogP contribution in [0.3, 0.4) is 0 Å². The first-order valence-corrected chi connectivity index (χ1v) is 5.43. The van der Waals surface area contributed by atoms with Gasteiger partial charge in [0.05, 0.1) is 6.04 Å². The maximum absolute atomic E-state index is 12.5. The third-order valence-electron chi connectivity index (χ3n) is 1.90. The van der Waals surface area contributed by atoms with Crippen LogP contribution in [0.2, 0.25) is 0 Å². The molecule has 1 saturated carbocycles. The van der Waals surface area contributed by atoms with Gasteiger partial charge in [0.25, 0.3) is 6.43 Å². The van der Waals surface area contributed by atoms with Crippen molar-refractivity contribution in [1.82, 2.24) is 4.72 Å². The summed E-state index contributed by atoms with van der Waals surface area (Å²) in [5.41, 5.74) is 0. The number of hydrogen-bond donors (Lipinski definition) is 1. The standard InChI is InChI=1S/C9H17F2NS/c1-9(2,3)13-12-7(8(10)11)6-4-5-6/h6-8,12H,4-5H2,1-3H3. The Morgan fingerprint density at radius 1 is 1.31 bits per heavy atom. The summed E-state index contributed by atoms with van der Waals surface area (Å²) in [6, 6.07) is -0.607. The van der Waals surface area contributed by atoms with Crippen LogP contribution in [0.4, 0.5) is 8.78 Å². The Hall–Kier alpha value is 0.170. The van der Waals surface area contributed by atoms with Crippen LogP contribution in [-0.4, -0.2) is 17.2 Å². The fourth-order valence-corrected chi connectivity index (χ4v) is 1.84. The van der Waals surface area contributed by atoms with Crippen molar-refractivity contribution in [2.24, 2.45) is 5.92 Å². The number of alkyl halides is 2. The molecular weight excluding hydrogens is 192 g/mol. The van der Waals surface area contributed by atoms with Crippen molar-refractivity contribution in [3.63, 3.8) is 0 Å². The molecule has 0 radical (unpaired) electrons. The lowest BCUT2D eigenvalue weighted by Crippen LogP contribution is -2.35. The molecule has 1 aliphatic rings. The predicted molar refractivity (Wildman–Crippen MR) is 53.0 cm³/mol. The Morgan fingerprint density at radius 3 is 2.15 bits per heavy atom. The Bertz CT molecular complexity index is 161. The van der Waals surface area contributed by atoms with Gasteiger partial charge in [-0.15, -0.1) is 0 Å². The number of hydrogen-bond acceptors (Lipinski definition) is 2. The second kappa shape index (κ2) is 4.13. The molecule has 0 aromatic carbocycles. The summed E-state index contributed by atoms with van der Waals surface area (Å²) in [6.45, 7) is 6.04. The van der Waals surface area contributed by atoms with Gasteiger partial charge in [0.1, 0.15) is 0 Å². The van der Waals surface area contributed by atoms with Crippen molar-refractivity contribution in [3.8, 4) is 0 Å². The van der Waals surface area contributed by atoms with E-state index in [1.165, 1.54) is 11.9 Å². The lowest BCUT2D eigenvalue weighted by molar-refractivity contribution is 0.100. The van der Waals surface area contributed by atoms with Crippen molar-refractivity contribution in [1.29, 1.82) is 0 Å². The van der Waals surface area contributed by atoms with E-state index in [0.717, 1.165) is 12.8 Å². The fraction of sp³-hybridized carbons (Fsp3) is 1.00. The summed E-state index contributed by atoms with van der Waals surface area (Å²) in [5, 5.41) is 0. The highest BCUT2D eigenvalue weighted by Crippen LogP contribution is 2.37. The van der Waals surface area contributed by atoms with Crippen molar-refractivity contribution in [3.05, 3.63) is 0 Å². The van der Waals surface area contributed by atoms with Crippen molar-refractivity contribution >= 4 is 11.9 Å². The first-order chi connectivity index (χ1) is 5.90. The molecule has 0 bridgehead atoms. The van der Waals surface area contributed by atoms with Gasteiger partial charge in [-0.25, -0.2) is 8.78 Å². The van der Waals surface area contributed by atoms with Crippen LogP contribution in [0.1, 0.15) is 33.6 Å². The second-order valence-electron chi connectivity index (χ2n) is 4.53. The molecule has 1 fully saturated rings. The molecule has 0 heterocycles. The quantitative estimate of drug-likeness (QED) is 0.714. The summed E-state index contributed by atoms with van der Waals surface area (Å²) in [5.74, 6) is 0.204. The highest BCUT2D eigenvalue weighted by atomic mass is 32.2. The largest absolute Gasteiger partial charge is 0.255 e. The predicted octanol–water partition coefficient (Wildman–Crippen LogP) is 3.07. The third-order valence-corrected chi connectivity index (χ3v) is 2.90. The van der Waals surface area contributed by atoms with Crippen LogP contribution in [0.25, 0.3) is 0 Å². The maximum atomic E-state index is 12.5. The first kappa shape index (κ1) is 11.2. The highest BCUT2D eigenvalue weighted by molar-refractivity contribution is 7.98. The van der Waals surface area contributed by atoms with Crippen molar-refractivity contribution in [2.45, 2.75) is 50.8 Å². The second-order valence-corrected chi connectivity index (χ2v) is 6.19. The van der Waals surface area contributed by atoms with Gasteiger partial charge in [0.15, 0.2) is 0 Å². The van der Waals surface area contributed by atoms with E-state index < -0.39 is 12.5 Å². The van der Waals surface area contributed by atoms with Gasteiger partial charge < -0.3 is 0 Å². The molecule has 1 nitrogen and oxygen atoms in total. The zero-order valence-corrected chi connectivity index (χ0v) is 9.13. The smallest absolute Gasteiger partial charge is 0.254 e. The SMILES string of the molecule is CC(C)(C)SNC(C(F)F)C1CC1. The van der Waals surface area contributed by atoms with E-state index in [1.807, 2.05) is 20.8 Å². The Kier molecular flexibility index (Phi) is 3.57. The van der Waals surface area contributed by atoms with Gasteiger partial charge >= 0.3 is 0 Å². The molecule has 1 aliphatic carbocycles. The van der Waals surface area contributed by atoms with Crippen LogP contribution in [0.15, 0.2) is 0 Å². The average Bonchev–Trinajstić information content (AvgIpc) is 2.67. The van der Waals surface area contributed by atoms with Crippen molar-refractivity contribution in [2.75, 3.05) is 0 Å². The van der Waals surface area contributed by atoms with Gasteiger partial charge in [0, 0.05) is 4.75 Å². The lowest BCUT2D eigenvalue weighted by Gasteiger charge is -2.23. The van der Waals surface area contributed by atoms with E-state index in [9.17, 15) is 8.78 Å². The average molecular weight is 209 g/mol. The Morgan fingerprint density at radius 2 is 1.85 bits per heavy atom. The summed E-state index contributed by atoms with van der Waals surface area (Å²) in [7, 11) is 0. The molecular formula is C9H17F2NS. The summed E-state index contributed by atoms with van der Waals surface area (Å²) < 4.78 is 27.9. The Labute approximate surface area is 82.8 Å². The molecule has 0 saturated heterocycles. The molecule has 13 heavy (non-hydrogen) atoms. The van der Waals surface area contributed by atoms with E-state index in [2.05, 4.69) is 4.72 Å². The molecule has 1 rings (SSSR count). The fourth-order valence-electron chi connectivity index (χ4n) is 1.05. The molecule has 0 spiro atoms. The molecule has 0 aliphatic heterocycles. The van der Waals surface area contributed by atoms with Gasteiger partial charge in [-0.1, -0.05) is 11.9 Å². The van der Waals surface area contributed by atoms with E-state index in [-0.39, 0.29) is 10.7 Å². The van der Waals surface area contributed by atoms with E-state index in [4.69, 9.17) is 0 Å². The molecule has 4 heteroatoms. The minimum atomic E-state index is -2.23. The highest BCUT2D eigenvalue weighted by Gasteiger charge is 2.37. The van der Waals surface area contributed by atoms with Gasteiger partial charge in [-0.2, -0.15) is 0 Å². The monoisotopic (exact) mass is 209 g/mol. The first-order valence-electron chi connectivity index (χ1n) is 4.62. The number of rotatable bonds is 4. The maximum Gasteiger partial charge on any atom is 0.254 e. The molecule has 1 atom stereocenters. The summed E-state index contributed by atoms with van der Waals surface area (Å²) in [4.78, 5) is 0. The third kappa shape index (κ3) is 4.27. The van der Waals surface area contributed by atoms with Gasteiger partial charge in [-0.3, -0.25) is 4.72 Å². The molecule has 0 amide bonds. The van der Waals surface area contributed by atoms with Crippen molar-refractivity contribution < 1.29 is 8.78 Å². The minimum Gasteiger partial charge on any atom is -0.255 e. The van der Waals surface area contributed by atoms with Crippen LogP contribution in [0, 0.1) is 5.92 Å². The van der Waals surface area contributed by atoms with Crippen LogP contribution < -0.4 is 4.72 Å². The van der Waals surface area contributed by atoms with Crippen LogP contribution in [0.5, 0.6) is 0 Å². The Balaban J connectivity index is 2.30. The topological polar surface area (TPSA) is 12.0 Å². The van der Waals surface area contributed by atoms with Crippen LogP contribution in [-0.2, 0) is 0 Å². The normalized spacial score (nSPS) is 20.8. The number of nitrogens with one attached hydrogen (secondary N) is 1. The molecule has 1 N–H and O–H groups in total. The van der Waals surface area contributed by atoms with E-state index >= 15 is 0 Å². The van der Waals surface area contributed by atoms with Gasteiger partial charge in [0.2, 0.25) is 0 Å². The molecule has 0 aromatic heterocycles. The van der Waals surface area contributed by atoms with E-state index in [1.54, 1.807) is 0 Å². The minimum absolute atomic E-state index is 0.00201.